The number of hydrogen-bond acceptors (Lipinski definition) is 2. The molecule has 0 saturated heterocycles. The lowest BCUT2D eigenvalue weighted by Crippen LogP contribution is -2.19. The molecule has 1 unspecified atom stereocenters. The van der Waals surface area contributed by atoms with Crippen molar-refractivity contribution in [3.63, 3.8) is 0 Å². The van der Waals surface area contributed by atoms with Crippen molar-refractivity contribution in [3.8, 4) is 5.75 Å². The molecule has 1 aliphatic rings. The first-order valence-electron chi connectivity index (χ1n) is 6.99. The minimum Gasteiger partial charge on any atom is -0.496 e. The normalized spacial score (nSPS) is 17.9. The second-order valence-corrected chi connectivity index (χ2v) is 5.51. The predicted molar refractivity (Wildman–Crippen MR) is 74.0 cm³/mol. The van der Waals surface area contributed by atoms with Crippen molar-refractivity contribution in [2.75, 3.05) is 13.7 Å². The highest BCUT2D eigenvalue weighted by Gasteiger charge is 2.25. The quantitative estimate of drug-likeness (QED) is 0.866. The van der Waals surface area contributed by atoms with Gasteiger partial charge in [0.15, 0.2) is 0 Å². The van der Waals surface area contributed by atoms with Crippen molar-refractivity contribution in [1.29, 1.82) is 0 Å². The second kappa shape index (κ2) is 6.24. The maximum atomic E-state index is 9.64. The van der Waals surface area contributed by atoms with Crippen LogP contribution in [-0.4, -0.2) is 18.8 Å². The Morgan fingerprint density at radius 3 is 2.67 bits per heavy atom. The summed E-state index contributed by atoms with van der Waals surface area (Å²) in [5, 5.41) is 9.64. The maximum absolute atomic E-state index is 9.64. The number of rotatable bonds is 5. The zero-order chi connectivity index (χ0) is 13.0. The van der Waals surface area contributed by atoms with Gasteiger partial charge in [0.05, 0.1) is 7.11 Å². The molecule has 18 heavy (non-hydrogen) atoms. The molecule has 1 N–H and O–H groups in total. The Kier molecular flexibility index (Phi) is 4.65. The fraction of sp³-hybridized carbons (Fsp3) is 0.625. The van der Waals surface area contributed by atoms with Crippen LogP contribution in [-0.2, 0) is 6.42 Å². The van der Waals surface area contributed by atoms with E-state index in [1.54, 1.807) is 7.11 Å². The van der Waals surface area contributed by atoms with E-state index in [-0.39, 0.29) is 0 Å². The predicted octanol–water partition coefficient (Wildman–Crippen LogP) is 3.34. The summed E-state index contributed by atoms with van der Waals surface area (Å²) in [5.41, 5.74) is 2.50. The molecule has 1 atom stereocenters. The van der Waals surface area contributed by atoms with Crippen LogP contribution in [0.1, 0.15) is 36.8 Å². The van der Waals surface area contributed by atoms with Crippen molar-refractivity contribution in [3.05, 3.63) is 29.3 Å². The Morgan fingerprint density at radius 1 is 1.33 bits per heavy atom. The molecule has 0 bridgehead atoms. The van der Waals surface area contributed by atoms with Crippen molar-refractivity contribution in [2.45, 2.75) is 39.0 Å². The van der Waals surface area contributed by atoms with Crippen LogP contribution < -0.4 is 4.74 Å². The van der Waals surface area contributed by atoms with Crippen molar-refractivity contribution in [2.24, 2.45) is 11.8 Å². The van der Waals surface area contributed by atoms with E-state index in [9.17, 15) is 5.11 Å². The fourth-order valence-corrected chi connectivity index (χ4v) is 3.16. The lowest BCUT2D eigenvalue weighted by molar-refractivity contribution is 0.175. The Labute approximate surface area is 110 Å². The van der Waals surface area contributed by atoms with Gasteiger partial charge in [-0.1, -0.05) is 43.4 Å². The molecule has 0 aliphatic heterocycles. The molecule has 2 rings (SSSR count). The highest BCUT2D eigenvalue weighted by atomic mass is 16.5. The lowest BCUT2D eigenvalue weighted by Gasteiger charge is -2.22. The minimum atomic E-state index is 0.293. The van der Waals surface area contributed by atoms with E-state index >= 15 is 0 Å². The van der Waals surface area contributed by atoms with E-state index in [1.165, 1.54) is 36.8 Å². The van der Waals surface area contributed by atoms with Crippen molar-refractivity contribution >= 4 is 0 Å². The molecule has 0 amide bonds. The standard InChI is InChI=1S/C16H24O2/c1-12-7-8-16(18-2)14(9-12)10-15(11-17)13-5-3-4-6-13/h7-9,13,15,17H,3-6,10-11H2,1-2H3. The molecule has 0 aromatic heterocycles. The van der Waals surface area contributed by atoms with E-state index in [1.807, 2.05) is 6.07 Å². The van der Waals surface area contributed by atoms with Crippen LogP contribution in [0.2, 0.25) is 0 Å². The molecule has 1 aliphatic carbocycles. The number of aryl methyl sites for hydroxylation is 1. The molecule has 0 heterocycles. The Hall–Kier alpha value is -1.02. The lowest BCUT2D eigenvalue weighted by atomic mass is 9.86. The van der Waals surface area contributed by atoms with Gasteiger partial charge >= 0.3 is 0 Å². The maximum Gasteiger partial charge on any atom is 0.122 e. The van der Waals surface area contributed by atoms with Crippen LogP contribution in [0.3, 0.4) is 0 Å². The number of hydrogen-bond donors (Lipinski definition) is 1. The van der Waals surface area contributed by atoms with Gasteiger partial charge in [-0.2, -0.15) is 0 Å². The summed E-state index contributed by atoms with van der Waals surface area (Å²) >= 11 is 0. The Morgan fingerprint density at radius 2 is 2.06 bits per heavy atom. The topological polar surface area (TPSA) is 29.5 Å². The van der Waals surface area contributed by atoms with Gasteiger partial charge in [-0.15, -0.1) is 0 Å². The van der Waals surface area contributed by atoms with Gasteiger partial charge in [-0.25, -0.2) is 0 Å². The van der Waals surface area contributed by atoms with Crippen LogP contribution in [0.5, 0.6) is 5.75 Å². The summed E-state index contributed by atoms with van der Waals surface area (Å²) in [6.07, 6.45) is 6.14. The van der Waals surface area contributed by atoms with Crippen LogP contribution in [0, 0.1) is 18.8 Å². The largest absolute Gasteiger partial charge is 0.496 e. The van der Waals surface area contributed by atoms with Crippen LogP contribution in [0.4, 0.5) is 0 Å². The van der Waals surface area contributed by atoms with Gasteiger partial charge in [0.1, 0.15) is 5.75 Å². The SMILES string of the molecule is COc1ccc(C)cc1CC(CO)C1CCCC1. The monoisotopic (exact) mass is 248 g/mol. The van der Waals surface area contributed by atoms with E-state index in [2.05, 4.69) is 19.1 Å². The highest BCUT2D eigenvalue weighted by molar-refractivity contribution is 5.37. The van der Waals surface area contributed by atoms with Gasteiger partial charge in [-0.05, 0) is 36.8 Å². The zero-order valence-corrected chi connectivity index (χ0v) is 11.5. The van der Waals surface area contributed by atoms with Gasteiger partial charge < -0.3 is 9.84 Å². The van der Waals surface area contributed by atoms with Crippen LogP contribution in [0.25, 0.3) is 0 Å². The molecule has 0 spiro atoms. The van der Waals surface area contributed by atoms with Gasteiger partial charge in [0.2, 0.25) is 0 Å². The van der Waals surface area contributed by atoms with E-state index in [0.717, 1.165) is 12.2 Å². The Bertz CT molecular complexity index is 381. The number of aliphatic hydroxyl groups is 1. The third-order valence-electron chi connectivity index (χ3n) is 4.22. The van der Waals surface area contributed by atoms with Crippen molar-refractivity contribution in [1.82, 2.24) is 0 Å². The first-order valence-corrected chi connectivity index (χ1v) is 6.99. The zero-order valence-electron chi connectivity index (χ0n) is 11.5. The third kappa shape index (κ3) is 3.05. The van der Waals surface area contributed by atoms with Gasteiger partial charge in [0.25, 0.3) is 0 Å². The summed E-state index contributed by atoms with van der Waals surface area (Å²) < 4.78 is 5.43. The molecule has 1 aromatic rings. The Balaban J connectivity index is 2.12. The van der Waals surface area contributed by atoms with Gasteiger partial charge in [0, 0.05) is 6.61 Å². The molecule has 1 aromatic carbocycles. The number of ether oxygens (including phenoxy) is 1. The molecule has 0 radical (unpaired) electrons. The first-order chi connectivity index (χ1) is 8.74. The molecular weight excluding hydrogens is 224 g/mol. The van der Waals surface area contributed by atoms with E-state index in [4.69, 9.17) is 4.74 Å². The van der Waals surface area contributed by atoms with Gasteiger partial charge in [-0.3, -0.25) is 0 Å². The minimum absolute atomic E-state index is 0.293. The number of methoxy groups -OCH3 is 1. The number of aliphatic hydroxyl groups excluding tert-OH is 1. The summed E-state index contributed by atoms with van der Waals surface area (Å²) in [5.74, 6) is 2.04. The summed E-state index contributed by atoms with van der Waals surface area (Å²) in [7, 11) is 1.72. The smallest absolute Gasteiger partial charge is 0.122 e. The average molecular weight is 248 g/mol. The average Bonchev–Trinajstić information content (AvgIpc) is 2.90. The molecule has 1 fully saturated rings. The van der Waals surface area contributed by atoms with E-state index < -0.39 is 0 Å². The first kappa shape index (κ1) is 13.4. The van der Waals surface area contributed by atoms with Crippen LogP contribution >= 0.6 is 0 Å². The third-order valence-corrected chi connectivity index (χ3v) is 4.22. The fourth-order valence-electron chi connectivity index (χ4n) is 3.16. The molecule has 100 valence electrons. The molecule has 2 nitrogen and oxygen atoms in total. The van der Waals surface area contributed by atoms with Crippen molar-refractivity contribution < 1.29 is 9.84 Å². The summed E-state index contributed by atoms with van der Waals surface area (Å²) in [6.45, 7) is 2.40. The summed E-state index contributed by atoms with van der Waals surface area (Å²) in [4.78, 5) is 0. The molecule has 1 saturated carbocycles. The number of benzene rings is 1. The second-order valence-electron chi connectivity index (χ2n) is 5.51. The van der Waals surface area contributed by atoms with E-state index in [0.29, 0.717) is 18.4 Å². The molecular formula is C16H24O2. The highest BCUT2D eigenvalue weighted by Crippen LogP contribution is 2.34. The summed E-state index contributed by atoms with van der Waals surface area (Å²) in [6, 6.07) is 6.30. The van der Waals surface area contributed by atoms with Crippen LogP contribution in [0.15, 0.2) is 18.2 Å². The molecule has 2 heteroatoms.